The molecule has 0 aromatic carbocycles. The van der Waals surface area contributed by atoms with E-state index in [9.17, 15) is 36.2 Å². The average molecular weight is 593 g/mol. The van der Waals surface area contributed by atoms with Gasteiger partial charge in [0, 0.05) is 64.8 Å². The quantitative estimate of drug-likeness (QED) is 0.240. The fraction of sp³-hybridized carbons (Fsp3) is 0.556. The summed E-state index contributed by atoms with van der Waals surface area (Å²) >= 11 is 0.865. The summed E-state index contributed by atoms with van der Waals surface area (Å²) in [6.07, 6.45) is -8.61. The topological polar surface area (TPSA) is 107 Å². The zero-order valence-corrected chi connectivity index (χ0v) is 21.5. The molecule has 2 aromatic heterocycles. The second-order valence-corrected chi connectivity index (χ2v) is 7.73. The summed E-state index contributed by atoms with van der Waals surface area (Å²) in [4.78, 5) is 17.9. The summed E-state index contributed by atoms with van der Waals surface area (Å²) in [5, 5.41) is 21.2. The fourth-order valence-electron chi connectivity index (χ4n) is 2.97. The number of aliphatic hydroxyl groups is 1. The Kier molecular flexibility index (Phi) is 12.1. The minimum absolute atomic E-state index is 0. The van der Waals surface area contributed by atoms with Crippen molar-refractivity contribution < 1.29 is 78.9 Å². The van der Waals surface area contributed by atoms with Gasteiger partial charge in [-0.2, -0.15) is 13.2 Å². The molecule has 1 amide bonds. The number of pyridine rings is 1. The van der Waals surface area contributed by atoms with Crippen LogP contribution in [0.1, 0.15) is 28.8 Å². The van der Waals surface area contributed by atoms with Gasteiger partial charge in [-0.15, -0.1) is 24.5 Å². The first-order valence-corrected chi connectivity index (χ1v) is 10.5. The predicted molar refractivity (Wildman–Crippen MR) is 107 cm³/mol. The summed E-state index contributed by atoms with van der Waals surface area (Å²) in [5.74, 6) is -0.279. The van der Waals surface area contributed by atoms with Gasteiger partial charge in [-0.25, -0.2) is 10.5 Å². The number of fused-ring (bicyclic) bond motifs is 1. The summed E-state index contributed by atoms with van der Waals surface area (Å²) in [7, 11) is 1.42. The van der Waals surface area contributed by atoms with Gasteiger partial charge in [0.2, 0.25) is 0 Å². The van der Waals surface area contributed by atoms with E-state index >= 15 is 0 Å². The number of alkyl halides is 6. The number of piperidine rings is 1. The molecule has 1 aliphatic rings. The van der Waals surface area contributed by atoms with Crippen molar-refractivity contribution in [3.8, 4) is 0 Å². The first kappa shape index (κ1) is 30.9. The van der Waals surface area contributed by atoms with Crippen LogP contribution in [-0.4, -0.2) is 67.0 Å². The van der Waals surface area contributed by atoms with Crippen molar-refractivity contribution in [3.05, 3.63) is 22.6 Å². The standard InChI is InChI=1S/C15H16F3N3O2S.C3H6F3NO2.Y/c1-19-14(23)9-7-24-13-10(15(16,17)18)6-11(20-12(9)13)21-4-2-8(22)3-5-21;4-3(5,6)9-2-1-7-8;/h6-8,22H,2-5H2,1H3,(H,19,23);7-8H,1-2H2;. The number of nitrogens with one attached hydrogen (secondary N) is 2. The first-order chi connectivity index (χ1) is 15.4. The maximum Gasteiger partial charge on any atom is 0.522 e. The zero-order valence-electron chi connectivity index (χ0n) is 17.8. The third kappa shape index (κ3) is 8.84. The molecule has 1 fully saturated rings. The van der Waals surface area contributed by atoms with E-state index in [1.54, 1.807) is 4.90 Å². The number of hydrogen-bond donors (Lipinski definition) is 4. The molecule has 8 nitrogen and oxygen atoms in total. The molecule has 0 saturated carbocycles. The monoisotopic (exact) mass is 593 g/mol. The normalized spacial score (nSPS) is 14.9. The van der Waals surface area contributed by atoms with Crippen LogP contribution in [0, 0.1) is 0 Å². The van der Waals surface area contributed by atoms with Crippen molar-refractivity contribution >= 4 is 33.3 Å². The Morgan fingerprint density at radius 3 is 2.38 bits per heavy atom. The van der Waals surface area contributed by atoms with E-state index in [-0.39, 0.29) is 60.9 Å². The SMILES string of the molecule is CNC(=O)c1csc2c(C(F)(F)F)cc(N3CCC(O)CC3)nc12.ONCCOC(F)(F)F.[Y]. The van der Waals surface area contributed by atoms with E-state index < -0.39 is 36.7 Å². The van der Waals surface area contributed by atoms with Crippen LogP contribution in [-0.2, 0) is 43.6 Å². The van der Waals surface area contributed by atoms with Gasteiger partial charge < -0.3 is 20.5 Å². The summed E-state index contributed by atoms with van der Waals surface area (Å²) in [6, 6.07) is 1.03. The number of carbonyl (C=O) groups is 1. The van der Waals surface area contributed by atoms with E-state index in [2.05, 4.69) is 15.0 Å². The molecule has 0 bridgehead atoms. The van der Waals surface area contributed by atoms with Crippen LogP contribution in [0.3, 0.4) is 0 Å². The van der Waals surface area contributed by atoms with Crippen molar-refractivity contribution in [3.63, 3.8) is 0 Å². The summed E-state index contributed by atoms with van der Waals surface area (Å²) < 4.78 is 76.7. The Morgan fingerprint density at radius 2 is 1.88 bits per heavy atom. The molecule has 1 radical (unpaired) electrons. The molecule has 0 aliphatic carbocycles. The van der Waals surface area contributed by atoms with Gasteiger partial charge in [-0.1, -0.05) is 0 Å². The van der Waals surface area contributed by atoms with Crippen molar-refractivity contribution in [2.24, 2.45) is 0 Å². The van der Waals surface area contributed by atoms with Crippen LogP contribution in [0.25, 0.3) is 10.2 Å². The van der Waals surface area contributed by atoms with Crippen LogP contribution in [0.5, 0.6) is 0 Å². The molecule has 2 aromatic rings. The Morgan fingerprint density at radius 1 is 1.26 bits per heavy atom. The third-order valence-electron chi connectivity index (χ3n) is 4.55. The van der Waals surface area contributed by atoms with Crippen LogP contribution < -0.4 is 15.7 Å². The smallest absolute Gasteiger partial charge is 0.393 e. The number of carbonyl (C=O) groups excluding carboxylic acids is 1. The number of thiophene rings is 1. The van der Waals surface area contributed by atoms with Gasteiger partial charge in [0.25, 0.3) is 5.91 Å². The van der Waals surface area contributed by atoms with Crippen molar-refractivity contribution in [1.82, 2.24) is 15.8 Å². The van der Waals surface area contributed by atoms with Gasteiger partial charge in [-0.3, -0.25) is 9.53 Å². The molecule has 0 unspecified atom stereocenters. The second kappa shape index (κ2) is 13.3. The van der Waals surface area contributed by atoms with E-state index in [0.717, 1.165) is 17.4 Å². The van der Waals surface area contributed by atoms with Gasteiger partial charge in [0.15, 0.2) is 0 Å². The van der Waals surface area contributed by atoms with Crippen LogP contribution in [0.15, 0.2) is 11.4 Å². The van der Waals surface area contributed by atoms with Crippen molar-refractivity contribution in [1.29, 1.82) is 0 Å². The Labute approximate surface area is 219 Å². The molecular formula is C18H22F6N4O4SY. The van der Waals surface area contributed by atoms with Crippen molar-refractivity contribution in [2.75, 3.05) is 38.2 Å². The fourth-order valence-corrected chi connectivity index (χ4v) is 3.99. The Hall–Kier alpha value is -1.10. The van der Waals surface area contributed by atoms with Gasteiger partial charge >= 0.3 is 12.5 Å². The second-order valence-electron chi connectivity index (χ2n) is 6.85. The van der Waals surface area contributed by atoms with E-state index in [1.807, 2.05) is 0 Å². The van der Waals surface area contributed by atoms with Gasteiger partial charge in [0.1, 0.15) is 5.82 Å². The van der Waals surface area contributed by atoms with Crippen LogP contribution in [0.2, 0.25) is 0 Å². The number of rotatable bonds is 5. The third-order valence-corrected chi connectivity index (χ3v) is 5.56. The number of halogens is 6. The maximum absolute atomic E-state index is 13.4. The molecule has 34 heavy (non-hydrogen) atoms. The van der Waals surface area contributed by atoms with Crippen LogP contribution >= 0.6 is 11.3 Å². The minimum atomic E-state index is -4.60. The molecule has 4 N–H and O–H groups in total. The molecule has 1 saturated heterocycles. The van der Waals surface area contributed by atoms with Crippen molar-refractivity contribution in [2.45, 2.75) is 31.5 Å². The van der Waals surface area contributed by atoms with E-state index in [0.29, 0.717) is 25.9 Å². The molecule has 16 heteroatoms. The van der Waals surface area contributed by atoms with E-state index in [1.165, 1.54) is 17.9 Å². The Bertz CT molecular complexity index is 936. The number of amides is 1. The van der Waals surface area contributed by atoms with Crippen LogP contribution in [0.4, 0.5) is 32.2 Å². The molecule has 0 atom stereocenters. The minimum Gasteiger partial charge on any atom is -0.393 e. The molecular weight excluding hydrogens is 571 g/mol. The van der Waals surface area contributed by atoms with E-state index in [4.69, 9.17) is 5.21 Å². The molecule has 3 rings (SSSR count). The summed E-state index contributed by atoms with van der Waals surface area (Å²) in [6.45, 7) is 0.0341. The number of aromatic nitrogens is 1. The molecule has 1 aliphatic heterocycles. The number of aliphatic hydroxyl groups excluding tert-OH is 1. The zero-order chi connectivity index (χ0) is 24.8. The Balaban J connectivity index is 0.000000496. The number of nitrogens with zero attached hydrogens (tertiary/aromatic N) is 2. The largest absolute Gasteiger partial charge is 0.522 e. The number of anilines is 1. The summed E-state index contributed by atoms with van der Waals surface area (Å²) in [5.41, 5.74) is 0.937. The maximum atomic E-state index is 13.4. The molecule has 3 heterocycles. The predicted octanol–water partition coefficient (Wildman–Crippen LogP) is 3.13. The number of hydroxylamine groups is 1. The molecule has 189 valence electrons. The first-order valence-electron chi connectivity index (χ1n) is 9.59. The van der Waals surface area contributed by atoms with Gasteiger partial charge in [-0.05, 0) is 18.9 Å². The average Bonchev–Trinajstić information content (AvgIpc) is 3.16. The van der Waals surface area contributed by atoms with Gasteiger partial charge in [0.05, 0.1) is 34.1 Å². The molecule has 0 spiro atoms. The number of ether oxygens (including phenoxy) is 1. The number of hydrogen-bond acceptors (Lipinski definition) is 8.